The summed E-state index contributed by atoms with van der Waals surface area (Å²) >= 11 is 0. The molecular formula is C26H23NO4. The van der Waals surface area contributed by atoms with Crippen LogP contribution in [0.25, 0.3) is 5.76 Å². The lowest BCUT2D eigenvalue weighted by molar-refractivity contribution is -0.139. The first-order valence-electron chi connectivity index (χ1n) is 10.1. The molecular weight excluding hydrogens is 390 g/mol. The van der Waals surface area contributed by atoms with Crippen molar-refractivity contribution < 1.29 is 19.4 Å². The fourth-order valence-electron chi connectivity index (χ4n) is 3.91. The number of hydrogen-bond acceptors (Lipinski definition) is 4. The number of aliphatic hydroxyl groups is 1. The molecule has 1 amide bonds. The van der Waals surface area contributed by atoms with Crippen molar-refractivity contribution >= 4 is 17.4 Å². The van der Waals surface area contributed by atoms with E-state index in [-0.39, 0.29) is 11.3 Å². The molecule has 0 radical (unpaired) electrons. The van der Waals surface area contributed by atoms with Crippen LogP contribution in [0.4, 0.5) is 0 Å². The van der Waals surface area contributed by atoms with Gasteiger partial charge in [-0.15, -0.1) is 0 Å². The minimum atomic E-state index is -0.695. The van der Waals surface area contributed by atoms with Crippen LogP contribution in [0.15, 0.2) is 90.5 Å². The number of benzene rings is 3. The van der Waals surface area contributed by atoms with Gasteiger partial charge in [0.05, 0.1) is 18.7 Å². The van der Waals surface area contributed by atoms with Gasteiger partial charge >= 0.3 is 0 Å². The normalized spacial score (nSPS) is 17.7. The van der Waals surface area contributed by atoms with Gasteiger partial charge in [0.2, 0.25) is 0 Å². The Morgan fingerprint density at radius 1 is 0.935 bits per heavy atom. The summed E-state index contributed by atoms with van der Waals surface area (Å²) in [5.74, 6) is -0.844. The average Bonchev–Trinajstić information content (AvgIpc) is 3.08. The number of hydrogen-bond donors (Lipinski definition) is 1. The van der Waals surface area contributed by atoms with Crippen molar-refractivity contribution in [3.63, 3.8) is 0 Å². The zero-order valence-electron chi connectivity index (χ0n) is 17.2. The van der Waals surface area contributed by atoms with E-state index in [0.717, 1.165) is 5.56 Å². The summed E-state index contributed by atoms with van der Waals surface area (Å²) in [5.41, 5.74) is 2.37. The SMILES string of the molecule is COc1cccc([C@@H]2/C(=C(\O)c3ccccc3)C(=O)C(=O)N2CCc2ccccc2)c1. The summed E-state index contributed by atoms with van der Waals surface area (Å²) in [6.45, 7) is 0.349. The number of amides is 1. The second kappa shape index (κ2) is 8.88. The predicted molar refractivity (Wildman–Crippen MR) is 119 cm³/mol. The molecule has 3 aromatic carbocycles. The molecule has 5 nitrogen and oxygen atoms in total. The van der Waals surface area contributed by atoms with E-state index in [9.17, 15) is 14.7 Å². The molecule has 156 valence electrons. The molecule has 0 saturated carbocycles. The quantitative estimate of drug-likeness (QED) is 0.370. The fraction of sp³-hybridized carbons (Fsp3) is 0.154. The highest BCUT2D eigenvalue weighted by Crippen LogP contribution is 2.40. The molecule has 1 N–H and O–H groups in total. The van der Waals surface area contributed by atoms with Crippen molar-refractivity contribution in [3.8, 4) is 5.75 Å². The highest BCUT2D eigenvalue weighted by Gasteiger charge is 2.45. The second-order valence-electron chi connectivity index (χ2n) is 7.37. The van der Waals surface area contributed by atoms with E-state index < -0.39 is 17.7 Å². The van der Waals surface area contributed by atoms with Crippen LogP contribution < -0.4 is 4.74 Å². The number of carbonyl (C=O) groups excluding carboxylic acids is 2. The molecule has 0 bridgehead atoms. The van der Waals surface area contributed by atoms with E-state index in [4.69, 9.17) is 4.74 Å². The van der Waals surface area contributed by atoms with Gasteiger partial charge in [-0.05, 0) is 29.7 Å². The largest absolute Gasteiger partial charge is 0.507 e. The molecule has 1 fully saturated rings. The first-order valence-corrected chi connectivity index (χ1v) is 10.1. The maximum Gasteiger partial charge on any atom is 0.295 e. The minimum absolute atomic E-state index is 0.0949. The van der Waals surface area contributed by atoms with Gasteiger partial charge in [0.15, 0.2) is 0 Å². The molecule has 1 aliphatic rings. The average molecular weight is 413 g/mol. The number of Topliss-reactive ketones (excluding diaryl/α,β-unsaturated/α-hetero) is 1. The summed E-state index contributed by atoms with van der Waals surface area (Å²) in [6.07, 6.45) is 0.597. The third-order valence-electron chi connectivity index (χ3n) is 5.48. The number of rotatable bonds is 6. The molecule has 5 heteroatoms. The van der Waals surface area contributed by atoms with Crippen molar-refractivity contribution in [2.45, 2.75) is 12.5 Å². The van der Waals surface area contributed by atoms with Crippen molar-refractivity contribution in [1.82, 2.24) is 4.90 Å². The summed E-state index contributed by atoms with van der Waals surface area (Å²) in [5, 5.41) is 11.0. The molecule has 1 heterocycles. The molecule has 3 aromatic rings. The Morgan fingerprint density at radius 2 is 1.61 bits per heavy atom. The van der Waals surface area contributed by atoms with Gasteiger partial charge in [-0.2, -0.15) is 0 Å². The van der Waals surface area contributed by atoms with E-state index in [1.165, 1.54) is 0 Å². The van der Waals surface area contributed by atoms with Crippen LogP contribution in [-0.4, -0.2) is 35.4 Å². The lowest BCUT2D eigenvalue weighted by atomic mass is 9.95. The van der Waals surface area contributed by atoms with Gasteiger partial charge in [0.1, 0.15) is 11.5 Å². The monoisotopic (exact) mass is 413 g/mol. The van der Waals surface area contributed by atoms with E-state index in [1.54, 1.807) is 48.4 Å². The Balaban J connectivity index is 1.79. The number of nitrogens with zero attached hydrogens (tertiary/aromatic N) is 1. The number of ether oxygens (including phenoxy) is 1. The summed E-state index contributed by atoms with van der Waals surface area (Å²) in [6, 6.07) is 25.2. The number of methoxy groups -OCH3 is 1. The van der Waals surface area contributed by atoms with Gasteiger partial charge in [-0.25, -0.2) is 0 Å². The number of carbonyl (C=O) groups is 2. The van der Waals surface area contributed by atoms with E-state index in [0.29, 0.717) is 29.8 Å². The molecule has 0 spiro atoms. The number of likely N-dealkylation sites (tertiary alicyclic amines) is 1. The fourth-order valence-corrected chi connectivity index (χ4v) is 3.91. The summed E-state index contributed by atoms with van der Waals surface area (Å²) in [4.78, 5) is 27.6. The Labute approximate surface area is 181 Å². The van der Waals surface area contributed by atoms with Gasteiger partial charge in [0.25, 0.3) is 11.7 Å². The maximum atomic E-state index is 13.0. The molecule has 1 aliphatic heterocycles. The van der Waals surface area contributed by atoms with Crippen LogP contribution >= 0.6 is 0 Å². The first kappa shape index (κ1) is 20.4. The van der Waals surface area contributed by atoms with Gasteiger partial charge in [-0.1, -0.05) is 72.8 Å². The van der Waals surface area contributed by atoms with Crippen LogP contribution in [0, 0.1) is 0 Å². The standard InChI is InChI=1S/C26H23NO4/c1-31-21-14-8-13-20(17-21)23-22(24(28)19-11-6-3-7-12-19)25(29)26(30)27(23)16-15-18-9-4-2-5-10-18/h2-14,17,23,28H,15-16H2,1H3/b24-22+/t23-/m1/s1. The molecule has 4 rings (SSSR count). The molecule has 1 atom stereocenters. The Morgan fingerprint density at radius 3 is 2.29 bits per heavy atom. The van der Waals surface area contributed by atoms with E-state index >= 15 is 0 Å². The molecule has 0 aromatic heterocycles. The van der Waals surface area contributed by atoms with Gasteiger partial charge in [0, 0.05) is 12.1 Å². The molecule has 0 unspecified atom stereocenters. The van der Waals surface area contributed by atoms with Crippen molar-refractivity contribution in [3.05, 3.63) is 107 Å². The smallest absolute Gasteiger partial charge is 0.295 e. The van der Waals surface area contributed by atoms with Gasteiger partial charge < -0.3 is 14.7 Å². The van der Waals surface area contributed by atoms with Crippen molar-refractivity contribution in [1.29, 1.82) is 0 Å². The Kier molecular flexibility index (Phi) is 5.85. The topological polar surface area (TPSA) is 66.8 Å². The molecule has 1 saturated heterocycles. The number of ketones is 1. The highest BCUT2D eigenvalue weighted by atomic mass is 16.5. The predicted octanol–water partition coefficient (Wildman–Crippen LogP) is 4.36. The van der Waals surface area contributed by atoms with Crippen LogP contribution in [0.3, 0.4) is 0 Å². The third kappa shape index (κ3) is 4.08. The van der Waals surface area contributed by atoms with Crippen LogP contribution in [0.5, 0.6) is 5.75 Å². The van der Waals surface area contributed by atoms with Crippen LogP contribution in [0.1, 0.15) is 22.7 Å². The zero-order valence-corrected chi connectivity index (χ0v) is 17.2. The van der Waals surface area contributed by atoms with E-state index in [1.807, 2.05) is 48.5 Å². The van der Waals surface area contributed by atoms with Crippen LogP contribution in [0.2, 0.25) is 0 Å². The molecule has 31 heavy (non-hydrogen) atoms. The van der Waals surface area contributed by atoms with Crippen LogP contribution in [-0.2, 0) is 16.0 Å². The third-order valence-corrected chi connectivity index (χ3v) is 5.48. The first-order chi connectivity index (χ1) is 15.1. The van der Waals surface area contributed by atoms with Crippen molar-refractivity contribution in [2.24, 2.45) is 0 Å². The molecule has 0 aliphatic carbocycles. The lowest BCUT2D eigenvalue weighted by Crippen LogP contribution is -2.31. The van der Waals surface area contributed by atoms with Gasteiger partial charge in [-0.3, -0.25) is 9.59 Å². The lowest BCUT2D eigenvalue weighted by Gasteiger charge is -2.25. The summed E-state index contributed by atoms with van der Waals surface area (Å²) in [7, 11) is 1.56. The Bertz CT molecular complexity index is 1120. The zero-order chi connectivity index (χ0) is 21.8. The Hall–Kier alpha value is -3.86. The maximum absolute atomic E-state index is 13.0. The van der Waals surface area contributed by atoms with Crippen molar-refractivity contribution in [2.75, 3.05) is 13.7 Å². The number of aliphatic hydroxyl groups excluding tert-OH is 1. The summed E-state index contributed by atoms with van der Waals surface area (Å²) < 4.78 is 5.35. The van der Waals surface area contributed by atoms with E-state index in [2.05, 4.69) is 0 Å². The highest BCUT2D eigenvalue weighted by molar-refractivity contribution is 6.46. The minimum Gasteiger partial charge on any atom is -0.507 e. The second-order valence-corrected chi connectivity index (χ2v) is 7.37.